The van der Waals surface area contributed by atoms with Crippen molar-refractivity contribution in [3.63, 3.8) is 0 Å². The van der Waals surface area contributed by atoms with Crippen LogP contribution in [-0.2, 0) is 31.4 Å². The number of halogens is 1. The van der Waals surface area contributed by atoms with Crippen LogP contribution in [0.4, 0.5) is 0 Å². The van der Waals surface area contributed by atoms with Gasteiger partial charge in [-0.2, -0.15) is 0 Å². The Balaban J connectivity index is 0.00000294. The van der Waals surface area contributed by atoms with E-state index in [4.69, 9.17) is 4.74 Å². The molecule has 2 aromatic heterocycles. The highest BCUT2D eigenvalue weighted by Gasteiger charge is 2.27. The quantitative estimate of drug-likeness (QED) is 0.371. The SMILES string of the molecule is Cl.Cn1c2c(c3ccc(-n4ccc(OCc5ccccc5)cc4=O)cc31)CCN(C(=O)CN1CCCC1)C2. The van der Waals surface area contributed by atoms with Gasteiger partial charge in [-0.05, 0) is 61.7 Å². The second kappa shape index (κ2) is 11.1. The van der Waals surface area contributed by atoms with Crippen molar-refractivity contribution < 1.29 is 9.53 Å². The largest absolute Gasteiger partial charge is 0.489 e. The summed E-state index contributed by atoms with van der Waals surface area (Å²) in [6, 6.07) is 19.4. The lowest BCUT2D eigenvalue weighted by Crippen LogP contribution is -2.42. The van der Waals surface area contributed by atoms with Crippen LogP contribution in [0, 0.1) is 0 Å². The molecule has 0 spiro atoms. The molecule has 0 radical (unpaired) electrons. The normalized spacial score (nSPS) is 15.3. The summed E-state index contributed by atoms with van der Waals surface area (Å²) in [6.45, 7) is 4.39. The molecular formula is C30H33ClN4O3. The van der Waals surface area contributed by atoms with Crippen molar-refractivity contribution in [2.24, 2.45) is 7.05 Å². The van der Waals surface area contributed by atoms with Crippen molar-refractivity contribution in [2.45, 2.75) is 32.4 Å². The molecule has 0 saturated carbocycles. The molecule has 4 aromatic rings. The summed E-state index contributed by atoms with van der Waals surface area (Å²) in [7, 11) is 2.06. The summed E-state index contributed by atoms with van der Waals surface area (Å²) < 4.78 is 9.66. The Kier molecular flexibility index (Phi) is 7.58. The number of ether oxygens (including phenoxy) is 1. The lowest BCUT2D eigenvalue weighted by molar-refractivity contribution is -0.133. The van der Waals surface area contributed by atoms with Crippen LogP contribution >= 0.6 is 12.4 Å². The number of fused-ring (bicyclic) bond motifs is 3. The van der Waals surface area contributed by atoms with E-state index in [1.54, 1.807) is 10.8 Å². The van der Waals surface area contributed by atoms with E-state index in [2.05, 4.69) is 28.6 Å². The smallest absolute Gasteiger partial charge is 0.258 e. The second-order valence-corrected chi connectivity index (χ2v) is 10.1. The summed E-state index contributed by atoms with van der Waals surface area (Å²) in [6.07, 6.45) is 5.00. The Morgan fingerprint density at radius 2 is 1.76 bits per heavy atom. The number of carbonyl (C=O) groups excluding carboxylic acids is 1. The van der Waals surface area contributed by atoms with E-state index in [1.165, 1.54) is 35.6 Å². The number of carbonyl (C=O) groups is 1. The zero-order valence-corrected chi connectivity index (χ0v) is 22.5. The molecule has 38 heavy (non-hydrogen) atoms. The van der Waals surface area contributed by atoms with E-state index in [0.717, 1.165) is 42.8 Å². The molecule has 198 valence electrons. The number of amides is 1. The Hall–Kier alpha value is -3.55. The minimum absolute atomic E-state index is 0. The third kappa shape index (κ3) is 5.08. The minimum atomic E-state index is -0.137. The highest BCUT2D eigenvalue weighted by molar-refractivity contribution is 5.88. The Morgan fingerprint density at radius 3 is 2.53 bits per heavy atom. The molecule has 1 saturated heterocycles. The molecule has 1 amide bonds. The second-order valence-electron chi connectivity index (χ2n) is 10.1. The van der Waals surface area contributed by atoms with Crippen LogP contribution in [0.15, 0.2) is 71.7 Å². The highest BCUT2D eigenvalue weighted by Crippen LogP contribution is 2.31. The maximum absolute atomic E-state index is 13.0. The number of likely N-dealkylation sites (tertiary alicyclic amines) is 1. The van der Waals surface area contributed by atoms with Crippen molar-refractivity contribution in [1.82, 2.24) is 18.9 Å². The van der Waals surface area contributed by atoms with Crippen molar-refractivity contribution in [3.05, 3.63) is 94.0 Å². The molecule has 8 heteroatoms. The van der Waals surface area contributed by atoms with Crippen LogP contribution in [0.1, 0.15) is 29.7 Å². The number of hydrogen-bond donors (Lipinski definition) is 0. The first-order valence-corrected chi connectivity index (χ1v) is 13.1. The van der Waals surface area contributed by atoms with Crippen LogP contribution in [-0.4, -0.2) is 51.0 Å². The lowest BCUT2D eigenvalue weighted by atomic mass is 10.0. The molecule has 1 fully saturated rings. The molecule has 7 nitrogen and oxygen atoms in total. The van der Waals surface area contributed by atoms with Gasteiger partial charge < -0.3 is 14.2 Å². The van der Waals surface area contributed by atoms with Crippen molar-refractivity contribution in [1.29, 1.82) is 0 Å². The van der Waals surface area contributed by atoms with Gasteiger partial charge in [-0.1, -0.05) is 36.4 Å². The van der Waals surface area contributed by atoms with Gasteiger partial charge in [0.2, 0.25) is 5.91 Å². The first-order chi connectivity index (χ1) is 18.1. The highest BCUT2D eigenvalue weighted by atomic mass is 35.5. The van der Waals surface area contributed by atoms with Gasteiger partial charge >= 0.3 is 0 Å². The summed E-state index contributed by atoms with van der Waals surface area (Å²) in [5.74, 6) is 0.777. The summed E-state index contributed by atoms with van der Waals surface area (Å²) in [5.41, 5.74) is 5.31. The number of pyridine rings is 1. The monoisotopic (exact) mass is 532 g/mol. The minimum Gasteiger partial charge on any atom is -0.489 e. The van der Waals surface area contributed by atoms with Gasteiger partial charge in [0.25, 0.3) is 5.56 Å². The Morgan fingerprint density at radius 1 is 0.974 bits per heavy atom. The molecule has 0 aliphatic carbocycles. The van der Waals surface area contributed by atoms with Gasteiger partial charge in [-0.15, -0.1) is 12.4 Å². The summed E-state index contributed by atoms with van der Waals surface area (Å²) in [5, 5.41) is 1.20. The van der Waals surface area contributed by atoms with E-state index in [9.17, 15) is 9.59 Å². The number of nitrogens with zero attached hydrogens (tertiary/aromatic N) is 4. The van der Waals surface area contributed by atoms with Gasteiger partial charge in [-0.25, -0.2) is 0 Å². The van der Waals surface area contributed by atoms with E-state index in [0.29, 0.717) is 25.4 Å². The molecule has 6 rings (SSSR count). The van der Waals surface area contributed by atoms with Crippen molar-refractivity contribution >= 4 is 29.2 Å². The zero-order chi connectivity index (χ0) is 25.4. The predicted octanol–water partition coefficient (Wildman–Crippen LogP) is 4.31. The van der Waals surface area contributed by atoms with Gasteiger partial charge in [0.15, 0.2) is 0 Å². The molecule has 0 bridgehead atoms. The van der Waals surface area contributed by atoms with E-state index in [1.807, 2.05) is 47.4 Å². The maximum Gasteiger partial charge on any atom is 0.258 e. The Labute approximate surface area is 228 Å². The Bertz CT molecular complexity index is 1510. The maximum atomic E-state index is 13.0. The van der Waals surface area contributed by atoms with Crippen molar-refractivity contribution in [3.8, 4) is 11.4 Å². The first-order valence-electron chi connectivity index (χ1n) is 13.1. The average molecular weight is 533 g/mol. The number of hydrogen-bond acceptors (Lipinski definition) is 4. The van der Waals surface area contributed by atoms with Gasteiger partial charge in [0.05, 0.1) is 24.3 Å². The fraction of sp³-hybridized carbons (Fsp3) is 0.333. The molecule has 0 unspecified atom stereocenters. The van der Waals surface area contributed by atoms with Gasteiger partial charge in [-0.3, -0.25) is 19.1 Å². The first kappa shape index (κ1) is 26.1. The molecule has 2 aliphatic rings. The fourth-order valence-electron chi connectivity index (χ4n) is 5.64. The summed E-state index contributed by atoms with van der Waals surface area (Å²) >= 11 is 0. The standard InChI is InChI=1S/C30H32N4O3.ClH/c1-31-27-17-23(34-16-11-24(18-29(34)35)37-21-22-7-3-2-4-8-22)9-10-25(27)26-12-15-33(19-28(26)31)30(36)20-32-13-5-6-14-32;/h2-4,7-11,16-18H,5-6,12-15,19-21H2,1H3;1H. The summed E-state index contributed by atoms with van der Waals surface area (Å²) in [4.78, 5) is 30.2. The third-order valence-electron chi connectivity index (χ3n) is 7.72. The lowest BCUT2D eigenvalue weighted by Gasteiger charge is -2.29. The number of aromatic nitrogens is 2. The number of benzene rings is 2. The van der Waals surface area contributed by atoms with Crippen LogP contribution in [0.3, 0.4) is 0 Å². The van der Waals surface area contributed by atoms with Gasteiger partial charge in [0, 0.05) is 36.9 Å². The molecule has 4 heterocycles. The van der Waals surface area contributed by atoms with Crippen LogP contribution in [0.25, 0.3) is 16.6 Å². The molecule has 0 N–H and O–H groups in total. The van der Waals surface area contributed by atoms with Crippen LogP contribution in [0.2, 0.25) is 0 Å². The van der Waals surface area contributed by atoms with E-state index < -0.39 is 0 Å². The predicted molar refractivity (Wildman–Crippen MR) is 151 cm³/mol. The average Bonchev–Trinajstić information content (AvgIpc) is 3.54. The van der Waals surface area contributed by atoms with Crippen molar-refractivity contribution in [2.75, 3.05) is 26.2 Å². The van der Waals surface area contributed by atoms with Crippen LogP contribution in [0.5, 0.6) is 5.75 Å². The molecular weight excluding hydrogens is 500 g/mol. The molecule has 0 atom stereocenters. The zero-order valence-electron chi connectivity index (χ0n) is 21.6. The van der Waals surface area contributed by atoms with Gasteiger partial charge in [0.1, 0.15) is 12.4 Å². The molecule has 2 aromatic carbocycles. The van der Waals surface area contributed by atoms with E-state index in [-0.39, 0.29) is 23.9 Å². The molecule has 2 aliphatic heterocycles. The van der Waals surface area contributed by atoms with E-state index >= 15 is 0 Å². The number of aryl methyl sites for hydroxylation is 1. The number of rotatable bonds is 6. The topological polar surface area (TPSA) is 59.7 Å². The van der Waals surface area contributed by atoms with Crippen LogP contribution < -0.4 is 10.3 Å². The fourth-order valence-corrected chi connectivity index (χ4v) is 5.64. The third-order valence-corrected chi connectivity index (χ3v) is 7.72.